The first-order valence-corrected chi connectivity index (χ1v) is 10.8. The normalized spacial score (nSPS) is 15.9. The lowest BCUT2D eigenvalue weighted by Gasteiger charge is -2.31. The third kappa shape index (κ3) is 4.71. The number of allylic oxidation sites excluding steroid dienone is 1. The second-order valence-electron chi connectivity index (χ2n) is 6.47. The van der Waals surface area contributed by atoms with Gasteiger partial charge in [-0.1, -0.05) is 23.7 Å². The zero-order valence-corrected chi connectivity index (χ0v) is 19.8. The Morgan fingerprint density at radius 3 is 2.73 bits per heavy atom. The summed E-state index contributed by atoms with van der Waals surface area (Å²) in [7, 11) is 1.57. The molecule has 2 aromatic carbocycles. The van der Waals surface area contributed by atoms with Crippen molar-refractivity contribution in [2.24, 2.45) is 0 Å². The Hall–Kier alpha value is -2.29. The zero-order chi connectivity index (χ0) is 21.8. The maximum atomic E-state index is 13.2. The third-order valence-electron chi connectivity index (χ3n) is 4.51. The van der Waals surface area contributed by atoms with Gasteiger partial charge < -0.3 is 25.4 Å². The van der Waals surface area contributed by atoms with Crippen molar-refractivity contribution in [2.45, 2.75) is 19.9 Å². The van der Waals surface area contributed by atoms with Crippen LogP contribution in [0.2, 0.25) is 5.02 Å². The summed E-state index contributed by atoms with van der Waals surface area (Å²) in [5, 5.41) is 9.96. The zero-order valence-electron chi connectivity index (χ0n) is 16.6. The third-order valence-corrected chi connectivity index (χ3v) is 5.65. The van der Waals surface area contributed by atoms with Crippen LogP contribution >= 0.6 is 39.7 Å². The molecular weight excluding hydrogens is 490 g/mol. The summed E-state index contributed by atoms with van der Waals surface area (Å²) >= 11 is 15.1. The largest absolute Gasteiger partial charge is 0.493 e. The molecule has 3 rings (SSSR count). The van der Waals surface area contributed by atoms with E-state index in [1.54, 1.807) is 31.4 Å². The van der Waals surface area contributed by atoms with Gasteiger partial charge in [0.25, 0.3) is 5.91 Å². The number of thiocarbonyl (C=S) groups is 1. The molecule has 1 aliphatic rings. The van der Waals surface area contributed by atoms with E-state index in [0.29, 0.717) is 49.7 Å². The molecule has 1 amide bonds. The fraction of sp³-hybridized carbons (Fsp3) is 0.238. The summed E-state index contributed by atoms with van der Waals surface area (Å²) < 4.78 is 11.9. The van der Waals surface area contributed by atoms with E-state index in [2.05, 4.69) is 31.9 Å². The molecule has 1 atom stereocenters. The first-order chi connectivity index (χ1) is 14.3. The van der Waals surface area contributed by atoms with Crippen molar-refractivity contribution in [3.05, 3.63) is 62.7 Å². The Labute approximate surface area is 194 Å². The van der Waals surface area contributed by atoms with E-state index in [1.165, 1.54) is 0 Å². The molecule has 0 fully saturated rings. The van der Waals surface area contributed by atoms with Gasteiger partial charge in [0.15, 0.2) is 16.6 Å². The molecule has 1 heterocycles. The van der Waals surface area contributed by atoms with Gasteiger partial charge in [-0.3, -0.25) is 4.79 Å². The monoisotopic (exact) mass is 509 g/mol. The highest BCUT2D eigenvalue weighted by Crippen LogP contribution is 2.40. The minimum Gasteiger partial charge on any atom is -0.493 e. The molecule has 0 saturated heterocycles. The van der Waals surface area contributed by atoms with Gasteiger partial charge in [-0.2, -0.15) is 0 Å². The van der Waals surface area contributed by atoms with E-state index >= 15 is 0 Å². The average molecular weight is 511 g/mol. The number of anilines is 1. The number of hydrogen-bond acceptors (Lipinski definition) is 4. The van der Waals surface area contributed by atoms with Gasteiger partial charge in [-0.05, 0) is 71.8 Å². The van der Waals surface area contributed by atoms with Crippen LogP contribution < -0.4 is 25.4 Å². The lowest BCUT2D eigenvalue weighted by Crippen LogP contribution is -2.45. The SMILES string of the molecule is CCOc1c(Br)cc([C@H]2NC(=S)NC(C)=C2C(=O)Nc2ccccc2Cl)cc1OC. The van der Waals surface area contributed by atoms with Crippen LogP contribution in [0.1, 0.15) is 25.5 Å². The van der Waals surface area contributed by atoms with E-state index in [-0.39, 0.29) is 5.91 Å². The molecule has 0 spiro atoms. The predicted octanol–water partition coefficient (Wildman–Crippen LogP) is 4.94. The van der Waals surface area contributed by atoms with Crippen molar-refractivity contribution in [3.8, 4) is 11.5 Å². The number of rotatable bonds is 6. The highest BCUT2D eigenvalue weighted by Gasteiger charge is 2.31. The molecule has 3 N–H and O–H groups in total. The molecule has 0 radical (unpaired) electrons. The molecule has 1 aliphatic heterocycles. The Balaban J connectivity index is 2.03. The van der Waals surface area contributed by atoms with Crippen LogP contribution in [-0.2, 0) is 4.79 Å². The second-order valence-corrected chi connectivity index (χ2v) is 8.14. The van der Waals surface area contributed by atoms with Gasteiger partial charge in [0, 0.05) is 5.70 Å². The average Bonchev–Trinajstić information content (AvgIpc) is 2.70. The maximum Gasteiger partial charge on any atom is 0.255 e. The number of carbonyl (C=O) groups is 1. The quantitative estimate of drug-likeness (QED) is 0.478. The molecule has 0 unspecified atom stereocenters. The number of nitrogens with one attached hydrogen (secondary N) is 3. The number of para-hydroxylation sites is 1. The first kappa shape index (κ1) is 22.4. The molecule has 2 aromatic rings. The van der Waals surface area contributed by atoms with Crippen LogP contribution in [-0.4, -0.2) is 24.7 Å². The smallest absolute Gasteiger partial charge is 0.255 e. The fourth-order valence-corrected chi connectivity index (χ4v) is 4.22. The molecule has 9 heteroatoms. The Bertz CT molecular complexity index is 1030. The van der Waals surface area contributed by atoms with E-state index < -0.39 is 6.04 Å². The van der Waals surface area contributed by atoms with Crippen LogP contribution in [0.4, 0.5) is 5.69 Å². The van der Waals surface area contributed by atoms with Crippen LogP contribution in [0.5, 0.6) is 11.5 Å². The highest BCUT2D eigenvalue weighted by molar-refractivity contribution is 9.10. The highest BCUT2D eigenvalue weighted by atomic mass is 79.9. The minimum atomic E-state index is -0.498. The standard InChI is InChI=1S/C21H21BrClN3O3S/c1-4-29-19-13(22)9-12(10-16(19)28-3)18-17(11(2)24-21(30)26-18)20(27)25-15-8-6-5-7-14(15)23/h5-10,18H,4H2,1-3H3,(H,25,27)(H2,24,26,30)/t18-/m1/s1. The summed E-state index contributed by atoms with van der Waals surface area (Å²) in [5.41, 5.74) is 2.45. The Morgan fingerprint density at radius 2 is 2.07 bits per heavy atom. The Morgan fingerprint density at radius 1 is 1.33 bits per heavy atom. The van der Waals surface area contributed by atoms with Crippen molar-refractivity contribution in [3.63, 3.8) is 0 Å². The fourth-order valence-electron chi connectivity index (χ4n) is 3.19. The predicted molar refractivity (Wildman–Crippen MR) is 126 cm³/mol. The number of halogens is 2. The molecule has 0 aromatic heterocycles. The van der Waals surface area contributed by atoms with Gasteiger partial charge in [-0.25, -0.2) is 0 Å². The van der Waals surface area contributed by atoms with Crippen LogP contribution in [0, 0.1) is 0 Å². The van der Waals surface area contributed by atoms with Crippen LogP contribution in [0.3, 0.4) is 0 Å². The van der Waals surface area contributed by atoms with E-state index in [1.807, 2.05) is 26.0 Å². The molecular formula is C21H21BrClN3O3S. The molecule has 0 saturated carbocycles. The number of carbonyl (C=O) groups excluding carboxylic acids is 1. The van der Waals surface area contributed by atoms with Gasteiger partial charge in [0.05, 0.1) is 40.5 Å². The van der Waals surface area contributed by atoms with E-state index in [4.69, 9.17) is 33.3 Å². The number of methoxy groups -OCH3 is 1. The topological polar surface area (TPSA) is 71.6 Å². The molecule has 30 heavy (non-hydrogen) atoms. The van der Waals surface area contributed by atoms with Crippen molar-refractivity contribution >= 4 is 56.5 Å². The second kappa shape index (κ2) is 9.68. The summed E-state index contributed by atoms with van der Waals surface area (Å²) in [4.78, 5) is 13.2. The number of ether oxygens (including phenoxy) is 2. The van der Waals surface area contributed by atoms with Gasteiger partial charge in [0.2, 0.25) is 0 Å². The lowest BCUT2D eigenvalue weighted by atomic mass is 9.94. The van der Waals surface area contributed by atoms with E-state index in [9.17, 15) is 4.79 Å². The molecule has 0 aliphatic carbocycles. The van der Waals surface area contributed by atoms with Gasteiger partial charge >= 0.3 is 0 Å². The Kier molecular flexibility index (Phi) is 7.23. The number of benzene rings is 2. The molecule has 158 valence electrons. The number of amides is 1. The summed E-state index contributed by atoms with van der Waals surface area (Å²) in [6, 6.07) is 10.3. The molecule has 6 nitrogen and oxygen atoms in total. The lowest BCUT2D eigenvalue weighted by molar-refractivity contribution is -0.113. The van der Waals surface area contributed by atoms with Crippen molar-refractivity contribution in [1.82, 2.24) is 10.6 Å². The van der Waals surface area contributed by atoms with E-state index in [0.717, 1.165) is 5.56 Å². The van der Waals surface area contributed by atoms with Crippen molar-refractivity contribution < 1.29 is 14.3 Å². The van der Waals surface area contributed by atoms with Crippen molar-refractivity contribution in [1.29, 1.82) is 0 Å². The first-order valence-electron chi connectivity index (χ1n) is 9.20. The van der Waals surface area contributed by atoms with Crippen molar-refractivity contribution in [2.75, 3.05) is 19.0 Å². The van der Waals surface area contributed by atoms with Gasteiger partial charge in [0.1, 0.15) is 0 Å². The van der Waals surface area contributed by atoms with Crippen LogP contribution in [0.25, 0.3) is 0 Å². The van der Waals surface area contributed by atoms with Crippen LogP contribution in [0.15, 0.2) is 52.1 Å². The molecule has 0 bridgehead atoms. The summed E-state index contributed by atoms with van der Waals surface area (Å²) in [5.74, 6) is 0.857. The van der Waals surface area contributed by atoms with Gasteiger partial charge in [-0.15, -0.1) is 0 Å². The maximum absolute atomic E-state index is 13.2. The minimum absolute atomic E-state index is 0.294. The number of hydrogen-bond donors (Lipinski definition) is 3. The summed E-state index contributed by atoms with van der Waals surface area (Å²) in [6.07, 6.45) is 0. The summed E-state index contributed by atoms with van der Waals surface area (Å²) in [6.45, 7) is 4.20.